The molecule has 144 valence electrons. The Bertz CT molecular complexity index is 889. The van der Waals surface area contributed by atoms with Gasteiger partial charge in [0.1, 0.15) is 5.82 Å². The zero-order valence-corrected chi connectivity index (χ0v) is 16.3. The average Bonchev–Trinajstić information content (AvgIpc) is 2.66. The van der Waals surface area contributed by atoms with Crippen LogP contribution in [0.25, 0.3) is 0 Å². The Morgan fingerprint density at radius 2 is 1.89 bits per heavy atom. The molecule has 0 aliphatic carbocycles. The zero-order chi connectivity index (χ0) is 19.3. The lowest BCUT2D eigenvalue weighted by Crippen LogP contribution is -2.30. The number of nitrogens with zero attached hydrogens (tertiary/aromatic N) is 2. The van der Waals surface area contributed by atoms with Gasteiger partial charge in [-0.15, -0.1) is 0 Å². The summed E-state index contributed by atoms with van der Waals surface area (Å²) in [6.45, 7) is 2.47. The number of carbonyl (C=O) groups is 1. The van der Waals surface area contributed by atoms with Crippen molar-refractivity contribution in [1.82, 2.24) is 10.3 Å². The Kier molecular flexibility index (Phi) is 6.11. The van der Waals surface area contributed by atoms with Gasteiger partial charge in [0.15, 0.2) is 9.84 Å². The largest absolute Gasteiger partial charge is 0.357 e. The third-order valence-electron chi connectivity index (χ3n) is 4.56. The highest BCUT2D eigenvalue weighted by Crippen LogP contribution is 2.17. The van der Waals surface area contributed by atoms with Crippen molar-refractivity contribution < 1.29 is 13.2 Å². The van der Waals surface area contributed by atoms with Crippen molar-refractivity contribution in [1.29, 1.82) is 0 Å². The van der Waals surface area contributed by atoms with Crippen molar-refractivity contribution >= 4 is 21.6 Å². The Morgan fingerprint density at radius 1 is 1.11 bits per heavy atom. The number of amides is 1. The Balaban J connectivity index is 1.58. The van der Waals surface area contributed by atoms with Gasteiger partial charge in [-0.05, 0) is 48.6 Å². The SMILES string of the molecule is CS(=O)(=O)Cc1cccc(C(=O)NCc2ccc(N3CCCCC3)nc2)c1. The second-order valence-electron chi connectivity index (χ2n) is 7.03. The lowest BCUT2D eigenvalue weighted by Gasteiger charge is -2.27. The summed E-state index contributed by atoms with van der Waals surface area (Å²) < 4.78 is 22.8. The van der Waals surface area contributed by atoms with Gasteiger partial charge in [0.05, 0.1) is 5.75 Å². The summed E-state index contributed by atoms with van der Waals surface area (Å²) in [6, 6.07) is 10.7. The van der Waals surface area contributed by atoms with Crippen LogP contribution in [0.5, 0.6) is 0 Å². The Morgan fingerprint density at radius 3 is 2.56 bits per heavy atom. The number of sulfone groups is 1. The number of rotatable bonds is 6. The van der Waals surface area contributed by atoms with E-state index in [1.165, 1.54) is 25.5 Å². The first-order valence-electron chi connectivity index (χ1n) is 9.15. The van der Waals surface area contributed by atoms with Gasteiger partial charge in [0.2, 0.25) is 0 Å². The third-order valence-corrected chi connectivity index (χ3v) is 5.42. The summed E-state index contributed by atoms with van der Waals surface area (Å²) >= 11 is 0. The predicted molar refractivity (Wildman–Crippen MR) is 106 cm³/mol. The summed E-state index contributed by atoms with van der Waals surface area (Å²) in [5, 5.41) is 2.86. The second-order valence-corrected chi connectivity index (χ2v) is 9.17. The molecule has 0 spiro atoms. The van der Waals surface area contributed by atoms with E-state index in [0.717, 1.165) is 24.5 Å². The molecule has 6 nitrogen and oxygen atoms in total. The fourth-order valence-electron chi connectivity index (χ4n) is 3.22. The minimum absolute atomic E-state index is 0.0734. The Labute approximate surface area is 160 Å². The predicted octanol–water partition coefficient (Wildman–Crippen LogP) is 2.55. The molecule has 3 rings (SSSR count). The minimum atomic E-state index is -3.13. The van der Waals surface area contributed by atoms with Crippen LogP contribution in [-0.4, -0.2) is 38.7 Å². The molecule has 0 unspecified atom stereocenters. The summed E-state index contributed by atoms with van der Waals surface area (Å²) in [5.41, 5.74) is 1.99. The normalized spacial score (nSPS) is 14.8. The minimum Gasteiger partial charge on any atom is -0.357 e. The van der Waals surface area contributed by atoms with E-state index in [4.69, 9.17) is 0 Å². The number of hydrogen-bond donors (Lipinski definition) is 1. The molecule has 27 heavy (non-hydrogen) atoms. The molecular weight excluding hydrogens is 362 g/mol. The van der Waals surface area contributed by atoms with Crippen molar-refractivity contribution in [2.45, 2.75) is 31.6 Å². The van der Waals surface area contributed by atoms with E-state index in [1.54, 1.807) is 30.5 Å². The van der Waals surface area contributed by atoms with E-state index in [-0.39, 0.29) is 11.7 Å². The van der Waals surface area contributed by atoms with E-state index in [1.807, 2.05) is 12.1 Å². The number of hydrogen-bond acceptors (Lipinski definition) is 5. The fourth-order valence-corrected chi connectivity index (χ4v) is 4.01. The maximum atomic E-state index is 12.4. The topological polar surface area (TPSA) is 79.4 Å². The molecule has 1 aromatic carbocycles. The number of anilines is 1. The molecule has 1 saturated heterocycles. The Hall–Kier alpha value is -2.41. The van der Waals surface area contributed by atoms with E-state index in [9.17, 15) is 13.2 Å². The molecule has 1 fully saturated rings. The molecule has 1 N–H and O–H groups in total. The molecule has 1 aliphatic heterocycles. The molecule has 0 radical (unpaired) electrons. The van der Waals surface area contributed by atoms with Crippen LogP contribution in [0.15, 0.2) is 42.6 Å². The standard InChI is InChI=1S/C20H25N3O3S/c1-27(25,26)15-16-6-5-7-18(12-16)20(24)22-14-17-8-9-19(21-13-17)23-10-3-2-4-11-23/h5-9,12-13H,2-4,10-11,14-15H2,1H3,(H,22,24). The monoisotopic (exact) mass is 387 g/mol. The molecule has 0 atom stereocenters. The number of aromatic nitrogens is 1. The van der Waals surface area contributed by atoms with Gasteiger partial charge in [-0.3, -0.25) is 4.79 Å². The first-order chi connectivity index (χ1) is 12.9. The second kappa shape index (κ2) is 8.52. The molecule has 1 aromatic heterocycles. The highest BCUT2D eigenvalue weighted by molar-refractivity contribution is 7.89. The summed E-state index contributed by atoms with van der Waals surface area (Å²) in [5.74, 6) is 0.680. The number of carbonyl (C=O) groups excluding carboxylic acids is 1. The van der Waals surface area contributed by atoms with Crippen LogP contribution < -0.4 is 10.2 Å². The molecule has 0 bridgehead atoms. The van der Waals surface area contributed by atoms with Crippen LogP contribution in [-0.2, 0) is 22.1 Å². The van der Waals surface area contributed by atoms with E-state index < -0.39 is 9.84 Å². The molecule has 2 aromatic rings. The van der Waals surface area contributed by atoms with Gasteiger partial charge < -0.3 is 10.2 Å². The van der Waals surface area contributed by atoms with Crippen LogP contribution in [0.4, 0.5) is 5.82 Å². The lowest BCUT2D eigenvalue weighted by atomic mass is 10.1. The summed E-state index contributed by atoms with van der Waals surface area (Å²) in [7, 11) is -3.13. The van der Waals surface area contributed by atoms with Crippen LogP contribution in [0.3, 0.4) is 0 Å². The van der Waals surface area contributed by atoms with Crippen molar-refractivity contribution in [2.75, 3.05) is 24.2 Å². The van der Waals surface area contributed by atoms with Crippen molar-refractivity contribution in [2.24, 2.45) is 0 Å². The quantitative estimate of drug-likeness (QED) is 0.824. The van der Waals surface area contributed by atoms with E-state index in [2.05, 4.69) is 15.2 Å². The van der Waals surface area contributed by atoms with Crippen LogP contribution in [0.1, 0.15) is 40.7 Å². The van der Waals surface area contributed by atoms with Gasteiger partial charge in [0, 0.05) is 37.7 Å². The molecule has 0 saturated carbocycles. The molecular formula is C20H25N3O3S. The molecule has 7 heteroatoms. The van der Waals surface area contributed by atoms with Crippen LogP contribution in [0, 0.1) is 0 Å². The van der Waals surface area contributed by atoms with Gasteiger partial charge >= 0.3 is 0 Å². The highest BCUT2D eigenvalue weighted by atomic mass is 32.2. The van der Waals surface area contributed by atoms with E-state index >= 15 is 0 Å². The lowest BCUT2D eigenvalue weighted by molar-refractivity contribution is 0.0950. The summed E-state index contributed by atoms with van der Waals surface area (Å²) in [4.78, 5) is 19.2. The molecule has 2 heterocycles. The van der Waals surface area contributed by atoms with Crippen molar-refractivity contribution in [3.8, 4) is 0 Å². The first-order valence-corrected chi connectivity index (χ1v) is 11.2. The molecule has 1 aliphatic rings. The van der Waals surface area contributed by atoms with Crippen LogP contribution >= 0.6 is 0 Å². The third kappa shape index (κ3) is 5.79. The van der Waals surface area contributed by atoms with E-state index in [0.29, 0.717) is 17.7 Å². The zero-order valence-electron chi connectivity index (χ0n) is 15.5. The average molecular weight is 388 g/mol. The fraction of sp³-hybridized carbons (Fsp3) is 0.400. The maximum absolute atomic E-state index is 12.4. The smallest absolute Gasteiger partial charge is 0.251 e. The molecule has 1 amide bonds. The highest BCUT2D eigenvalue weighted by Gasteiger charge is 2.12. The number of pyridine rings is 1. The van der Waals surface area contributed by atoms with Gasteiger partial charge in [0.25, 0.3) is 5.91 Å². The number of piperidine rings is 1. The summed E-state index contributed by atoms with van der Waals surface area (Å²) in [6.07, 6.45) is 6.67. The van der Waals surface area contributed by atoms with Gasteiger partial charge in [-0.1, -0.05) is 18.2 Å². The maximum Gasteiger partial charge on any atom is 0.251 e. The number of nitrogens with one attached hydrogen (secondary N) is 1. The van der Waals surface area contributed by atoms with Gasteiger partial charge in [-0.2, -0.15) is 0 Å². The first kappa shape index (κ1) is 19.4. The van der Waals surface area contributed by atoms with Gasteiger partial charge in [-0.25, -0.2) is 13.4 Å². The van der Waals surface area contributed by atoms with Crippen LogP contribution in [0.2, 0.25) is 0 Å². The van der Waals surface area contributed by atoms with Crippen molar-refractivity contribution in [3.63, 3.8) is 0 Å². The van der Waals surface area contributed by atoms with Crippen molar-refractivity contribution in [3.05, 3.63) is 59.3 Å². The number of benzene rings is 1.